The molecular formula is C25H22N4O3. The van der Waals surface area contributed by atoms with Gasteiger partial charge in [0.1, 0.15) is 11.9 Å². The Hall–Kier alpha value is -4.13. The fourth-order valence-electron chi connectivity index (χ4n) is 3.70. The molecule has 7 heteroatoms. The molecule has 1 fully saturated rings. The van der Waals surface area contributed by atoms with E-state index in [-0.39, 0.29) is 12.1 Å². The Labute approximate surface area is 185 Å². The number of urea groups is 1. The van der Waals surface area contributed by atoms with Gasteiger partial charge in [-0.05, 0) is 24.3 Å². The van der Waals surface area contributed by atoms with Gasteiger partial charge in [0.05, 0.1) is 12.1 Å². The second-order valence-corrected chi connectivity index (χ2v) is 7.56. The molecule has 1 aliphatic rings. The fraction of sp³-hybridized carbons (Fsp3) is 0.160. The number of benzene rings is 3. The van der Waals surface area contributed by atoms with E-state index in [1.165, 1.54) is 0 Å². The maximum absolute atomic E-state index is 12.6. The molecule has 0 saturated carbocycles. The van der Waals surface area contributed by atoms with Crippen LogP contribution in [0.5, 0.6) is 5.75 Å². The average molecular weight is 426 g/mol. The van der Waals surface area contributed by atoms with Gasteiger partial charge in [0.2, 0.25) is 5.82 Å². The molecule has 2 amide bonds. The van der Waals surface area contributed by atoms with E-state index in [0.29, 0.717) is 30.6 Å². The summed E-state index contributed by atoms with van der Waals surface area (Å²) in [6, 6.07) is 26.6. The minimum atomic E-state index is -0.125. The van der Waals surface area contributed by atoms with Crippen molar-refractivity contribution in [2.45, 2.75) is 12.5 Å². The lowest BCUT2D eigenvalue weighted by molar-refractivity contribution is 0.195. The molecule has 1 aliphatic heterocycles. The zero-order valence-electron chi connectivity index (χ0n) is 17.3. The normalized spacial score (nSPS) is 15.5. The molecule has 0 aliphatic carbocycles. The highest BCUT2D eigenvalue weighted by Gasteiger charge is 2.28. The van der Waals surface area contributed by atoms with Crippen LogP contribution in [-0.4, -0.2) is 40.3 Å². The molecule has 1 atom stereocenters. The minimum absolute atomic E-state index is 0.116. The van der Waals surface area contributed by atoms with E-state index in [4.69, 9.17) is 9.26 Å². The monoisotopic (exact) mass is 426 g/mol. The third kappa shape index (κ3) is 4.32. The van der Waals surface area contributed by atoms with E-state index in [2.05, 4.69) is 15.5 Å². The number of hydrogen-bond donors (Lipinski definition) is 1. The van der Waals surface area contributed by atoms with E-state index in [1.807, 2.05) is 84.9 Å². The fourth-order valence-corrected chi connectivity index (χ4v) is 3.70. The third-order valence-corrected chi connectivity index (χ3v) is 5.33. The SMILES string of the molecule is O=C(Nc1ccccc1)N1CCC(Oc2ccccc2-c2nc(-c3ccccc3)no2)C1. The van der Waals surface area contributed by atoms with Gasteiger partial charge in [-0.2, -0.15) is 4.98 Å². The largest absolute Gasteiger partial charge is 0.488 e. The first-order valence-electron chi connectivity index (χ1n) is 10.5. The molecule has 0 radical (unpaired) electrons. The van der Waals surface area contributed by atoms with Gasteiger partial charge in [-0.25, -0.2) is 4.79 Å². The van der Waals surface area contributed by atoms with Crippen molar-refractivity contribution in [1.29, 1.82) is 0 Å². The Morgan fingerprint density at radius 3 is 2.50 bits per heavy atom. The van der Waals surface area contributed by atoms with Gasteiger partial charge in [0.25, 0.3) is 5.89 Å². The summed E-state index contributed by atoms with van der Waals surface area (Å²) in [6.07, 6.45) is 0.629. The van der Waals surface area contributed by atoms with E-state index in [9.17, 15) is 4.79 Å². The van der Waals surface area contributed by atoms with Crippen molar-refractivity contribution >= 4 is 11.7 Å². The first-order valence-corrected chi connectivity index (χ1v) is 10.5. The Bertz CT molecular complexity index is 1190. The van der Waals surface area contributed by atoms with E-state index in [1.54, 1.807) is 4.90 Å². The number of carbonyl (C=O) groups excluding carboxylic acids is 1. The topological polar surface area (TPSA) is 80.5 Å². The van der Waals surface area contributed by atoms with Crippen molar-refractivity contribution in [3.05, 3.63) is 84.9 Å². The second-order valence-electron chi connectivity index (χ2n) is 7.56. The van der Waals surface area contributed by atoms with Crippen molar-refractivity contribution in [1.82, 2.24) is 15.0 Å². The smallest absolute Gasteiger partial charge is 0.321 e. The Morgan fingerprint density at radius 2 is 1.69 bits per heavy atom. The number of hydrogen-bond acceptors (Lipinski definition) is 5. The van der Waals surface area contributed by atoms with E-state index >= 15 is 0 Å². The summed E-state index contributed by atoms with van der Waals surface area (Å²) in [5, 5.41) is 7.03. The lowest BCUT2D eigenvalue weighted by Crippen LogP contribution is -2.34. The van der Waals surface area contributed by atoms with Crippen LogP contribution in [0, 0.1) is 0 Å². The highest BCUT2D eigenvalue weighted by Crippen LogP contribution is 2.32. The van der Waals surface area contributed by atoms with Crippen LogP contribution in [0.4, 0.5) is 10.5 Å². The van der Waals surface area contributed by atoms with Gasteiger partial charge in [-0.1, -0.05) is 65.8 Å². The van der Waals surface area contributed by atoms with Crippen LogP contribution in [0.25, 0.3) is 22.8 Å². The standard InChI is InChI=1S/C25H22N4O3/c30-25(26-19-11-5-2-6-12-19)29-16-15-20(17-29)31-22-14-8-7-13-21(22)24-27-23(28-32-24)18-9-3-1-4-10-18/h1-14,20H,15-17H2,(H,26,30). The number of nitrogens with one attached hydrogen (secondary N) is 1. The maximum atomic E-state index is 12.6. The quantitative estimate of drug-likeness (QED) is 0.481. The van der Waals surface area contributed by atoms with Crippen molar-refractivity contribution < 1.29 is 14.1 Å². The minimum Gasteiger partial charge on any atom is -0.488 e. The number of ether oxygens (including phenoxy) is 1. The summed E-state index contributed by atoms with van der Waals surface area (Å²) in [4.78, 5) is 18.9. The number of likely N-dealkylation sites (tertiary alicyclic amines) is 1. The molecule has 32 heavy (non-hydrogen) atoms. The summed E-state index contributed by atoms with van der Waals surface area (Å²) in [5.74, 6) is 1.59. The molecule has 2 heterocycles. The lowest BCUT2D eigenvalue weighted by Gasteiger charge is -2.18. The number of amides is 2. The predicted molar refractivity (Wildman–Crippen MR) is 121 cm³/mol. The van der Waals surface area contributed by atoms with Gasteiger partial charge in [0.15, 0.2) is 0 Å². The molecular weight excluding hydrogens is 404 g/mol. The lowest BCUT2D eigenvalue weighted by atomic mass is 10.2. The summed E-state index contributed by atoms with van der Waals surface area (Å²) in [7, 11) is 0. The van der Waals surface area contributed by atoms with Crippen molar-refractivity contribution in [2.24, 2.45) is 0 Å². The van der Waals surface area contributed by atoms with Gasteiger partial charge < -0.3 is 19.5 Å². The summed E-state index contributed by atoms with van der Waals surface area (Å²) >= 11 is 0. The number of aromatic nitrogens is 2. The Balaban J connectivity index is 1.27. The molecule has 160 valence electrons. The Morgan fingerprint density at radius 1 is 0.969 bits per heavy atom. The number of para-hydroxylation sites is 2. The van der Waals surface area contributed by atoms with Crippen molar-refractivity contribution in [3.63, 3.8) is 0 Å². The Kier molecular flexibility index (Phi) is 5.53. The molecule has 3 aromatic carbocycles. The molecule has 1 N–H and O–H groups in total. The molecule has 7 nitrogen and oxygen atoms in total. The number of carbonyl (C=O) groups is 1. The zero-order chi connectivity index (χ0) is 21.8. The molecule has 1 unspecified atom stereocenters. The summed E-state index contributed by atoms with van der Waals surface area (Å²) < 4.78 is 11.8. The zero-order valence-corrected chi connectivity index (χ0v) is 17.3. The molecule has 1 saturated heterocycles. The van der Waals surface area contributed by atoms with Gasteiger partial charge in [-0.15, -0.1) is 0 Å². The second kappa shape index (κ2) is 8.93. The number of anilines is 1. The summed E-state index contributed by atoms with van der Waals surface area (Å²) in [5.41, 5.74) is 2.39. The first-order chi connectivity index (χ1) is 15.8. The summed E-state index contributed by atoms with van der Waals surface area (Å²) in [6.45, 7) is 1.14. The molecule has 0 bridgehead atoms. The predicted octanol–water partition coefficient (Wildman–Crippen LogP) is 5.09. The van der Waals surface area contributed by atoms with Crippen LogP contribution in [0.2, 0.25) is 0 Å². The average Bonchev–Trinajstić information content (AvgIpc) is 3.51. The highest BCUT2D eigenvalue weighted by atomic mass is 16.5. The van der Waals surface area contributed by atoms with E-state index in [0.717, 1.165) is 23.2 Å². The van der Waals surface area contributed by atoms with Crippen LogP contribution in [0.1, 0.15) is 6.42 Å². The first kappa shape index (κ1) is 19.8. The van der Waals surface area contributed by atoms with Crippen LogP contribution in [-0.2, 0) is 0 Å². The van der Waals surface area contributed by atoms with Crippen LogP contribution in [0.15, 0.2) is 89.5 Å². The van der Waals surface area contributed by atoms with Crippen molar-refractivity contribution in [3.8, 4) is 28.6 Å². The van der Waals surface area contributed by atoms with Crippen molar-refractivity contribution in [2.75, 3.05) is 18.4 Å². The molecule has 0 spiro atoms. The maximum Gasteiger partial charge on any atom is 0.321 e. The molecule has 1 aromatic heterocycles. The molecule has 4 aromatic rings. The number of nitrogens with zero attached hydrogens (tertiary/aromatic N) is 3. The van der Waals surface area contributed by atoms with Crippen LogP contribution in [0.3, 0.4) is 0 Å². The van der Waals surface area contributed by atoms with Crippen LogP contribution < -0.4 is 10.1 Å². The van der Waals surface area contributed by atoms with Gasteiger partial charge in [-0.3, -0.25) is 0 Å². The van der Waals surface area contributed by atoms with E-state index < -0.39 is 0 Å². The van der Waals surface area contributed by atoms with Crippen LogP contribution >= 0.6 is 0 Å². The molecule has 5 rings (SSSR count). The highest BCUT2D eigenvalue weighted by molar-refractivity contribution is 5.89. The third-order valence-electron chi connectivity index (χ3n) is 5.33. The van der Waals surface area contributed by atoms with Gasteiger partial charge >= 0.3 is 6.03 Å². The number of rotatable bonds is 5. The van der Waals surface area contributed by atoms with Gasteiger partial charge in [0, 0.05) is 24.2 Å².